The predicted octanol–water partition coefficient (Wildman–Crippen LogP) is 4.28. The number of carbonyl (C=O) groups excluding carboxylic acids is 1. The number of carbonyl (C=O) groups is 1. The highest BCUT2D eigenvalue weighted by Crippen LogP contribution is 2.37. The van der Waals surface area contributed by atoms with E-state index >= 15 is 0 Å². The van der Waals surface area contributed by atoms with Gasteiger partial charge in [0.2, 0.25) is 0 Å². The van der Waals surface area contributed by atoms with Gasteiger partial charge in [0.05, 0.1) is 5.69 Å². The van der Waals surface area contributed by atoms with Gasteiger partial charge in [-0.25, -0.2) is 4.79 Å². The molecular formula is C13H15ClF3NO3. The molecule has 0 unspecified atom stereocenters. The molecule has 0 bridgehead atoms. The van der Waals surface area contributed by atoms with Gasteiger partial charge in [-0.05, 0) is 39.0 Å². The number of amides is 1. The number of rotatable bonds is 2. The van der Waals surface area contributed by atoms with Gasteiger partial charge in [-0.1, -0.05) is 11.6 Å². The van der Waals surface area contributed by atoms with Gasteiger partial charge >= 0.3 is 12.3 Å². The molecule has 8 heteroatoms. The topological polar surface area (TPSA) is 58.6 Å². The smallest absolute Gasteiger partial charge is 0.418 e. The third-order valence-electron chi connectivity index (χ3n) is 2.25. The molecule has 0 aromatic heterocycles. The van der Waals surface area contributed by atoms with Crippen LogP contribution in [0.5, 0.6) is 0 Å². The number of hydrogen-bond acceptors (Lipinski definition) is 3. The van der Waals surface area contributed by atoms with Crippen LogP contribution in [0.2, 0.25) is 5.02 Å². The summed E-state index contributed by atoms with van der Waals surface area (Å²) in [6.45, 7) is 4.83. The van der Waals surface area contributed by atoms with Crippen LogP contribution < -0.4 is 5.32 Å². The molecule has 0 aliphatic heterocycles. The van der Waals surface area contributed by atoms with Crippen molar-refractivity contribution in [3.8, 4) is 0 Å². The highest BCUT2D eigenvalue weighted by molar-refractivity contribution is 6.30. The second-order valence-electron chi connectivity index (χ2n) is 5.30. The quantitative estimate of drug-likeness (QED) is 0.853. The van der Waals surface area contributed by atoms with Crippen LogP contribution in [0.3, 0.4) is 0 Å². The molecular weight excluding hydrogens is 311 g/mol. The number of aliphatic hydroxyl groups excluding tert-OH is 1. The normalized spacial score (nSPS) is 13.7. The first-order valence-electron chi connectivity index (χ1n) is 5.94. The van der Waals surface area contributed by atoms with Crippen molar-refractivity contribution in [1.82, 2.24) is 0 Å². The maximum absolute atomic E-state index is 12.6. The molecule has 21 heavy (non-hydrogen) atoms. The van der Waals surface area contributed by atoms with Crippen LogP contribution in [-0.2, 0) is 4.74 Å². The van der Waals surface area contributed by atoms with Crippen molar-refractivity contribution in [3.63, 3.8) is 0 Å². The highest BCUT2D eigenvalue weighted by Gasteiger charge is 2.41. The fourth-order valence-electron chi connectivity index (χ4n) is 1.46. The Morgan fingerprint density at radius 1 is 1.33 bits per heavy atom. The van der Waals surface area contributed by atoms with E-state index in [1.54, 1.807) is 20.8 Å². The van der Waals surface area contributed by atoms with E-state index in [-0.39, 0.29) is 10.7 Å². The van der Waals surface area contributed by atoms with Crippen molar-refractivity contribution in [2.24, 2.45) is 0 Å². The largest absolute Gasteiger partial charge is 0.444 e. The third-order valence-corrected chi connectivity index (χ3v) is 2.49. The van der Waals surface area contributed by atoms with Crippen LogP contribution in [-0.4, -0.2) is 23.0 Å². The molecule has 118 valence electrons. The van der Waals surface area contributed by atoms with E-state index in [2.05, 4.69) is 5.32 Å². The van der Waals surface area contributed by atoms with Crippen LogP contribution in [0.25, 0.3) is 0 Å². The van der Waals surface area contributed by atoms with E-state index in [4.69, 9.17) is 16.3 Å². The molecule has 0 saturated carbocycles. The molecule has 1 amide bonds. The van der Waals surface area contributed by atoms with E-state index < -0.39 is 29.5 Å². The number of hydrogen-bond donors (Lipinski definition) is 2. The monoisotopic (exact) mass is 325 g/mol. The van der Waals surface area contributed by atoms with Gasteiger partial charge in [-0.2, -0.15) is 13.2 Å². The summed E-state index contributed by atoms with van der Waals surface area (Å²) >= 11 is 5.63. The van der Waals surface area contributed by atoms with Crippen LogP contribution in [0.15, 0.2) is 18.2 Å². The van der Waals surface area contributed by atoms with Crippen LogP contribution in [0.1, 0.15) is 32.4 Å². The molecule has 1 rings (SSSR count). The Labute approximate surface area is 124 Å². The summed E-state index contributed by atoms with van der Waals surface area (Å²) in [6, 6.07) is 3.39. The van der Waals surface area contributed by atoms with Gasteiger partial charge in [-0.15, -0.1) is 0 Å². The van der Waals surface area contributed by atoms with Crippen molar-refractivity contribution in [1.29, 1.82) is 0 Å². The average molecular weight is 326 g/mol. The molecule has 1 aromatic rings. The number of ether oxygens (including phenoxy) is 1. The van der Waals surface area contributed by atoms with E-state index in [0.29, 0.717) is 0 Å². The molecule has 4 nitrogen and oxygen atoms in total. The Kier molecular flexibility index (Phi) is 5.11. The van der Waals surface area contributed by atoms with Gasteiger partial charge in [0.1, 0.15) is 5.60 Å². The summed E-state index contributed by atoms with van der Waals surface area (Å²) in [5.41, 5.74) is -1.58. The molecule has 0 radical (unpaired) electrons. The Hall–Kier alpha value is -1.47. The lowest BCUT2D eigenvalue weighted by Gasteiger charge is -2.22. The summed E-state index contributed by atoms with van der Waals surface area (Å²) in [5, 5.41) is 11.5. The van der Waals surface area contributed by atoms with Crippen LogP contribution in [0.4, 0.5) is 23.7 Å². The SMILES string of the molecule is CC(C)(C)OC(=O)Nc1ccc(Cl)cc1[C@H](O)C(F)(F)F. The Balaban J connectivity index is 3.05. The Morgan fingerprint density at radius 2 is 1.90 bits per heavy atom. The van der Waals surface area contributed by atoms with Crippen molar-refractivity contribution in [3.05, 3.63) is 28.8 Å². The van der Waals surface area contributed by atoms with Crippen molar-refractivity contribution in [2.45, 2.75) is 38.7 Å². The summed E-state index contributed by atoms with van der Waals surface area (Å²) < 4.78 is 42.8. The Bertz CT molecular complexity index is 526. The fourth-order valence-corrected chi connectivity index (χ4v) is 1.64. The minimum absolute atomic E-state index is 0.00281. The zero-order valence-corrected chi connectivity index (χ0v) is 12.3. The second kappa shape index (κ2) is 6.11. The lowest BCUT2D eigenvalue weighted by molar-refractivity contribution is -0.206. The molecule has 0 aliphatic carbocycles. The average Bonchev–Trinajstić information content (AvgIpc) is 2.26. The van der Waals surface area contributed by atoms with Gasteiger partial charge < -0.3 is 9.84 Å². The van der Waals surface area contributed by atoms with E-state index in [1.165, 1.54) is 6.07 Å². The standard InChI is InChI=1S/C13H15ClF3NO3/c1-12(2,3)21-11(20)18-9-5-4-7(14)6-8(9)10(19)13(15,16)17/h4-6,10,19H,1-3H3,(H,18,20)/t10-/m0/s1. The molecule has 0 spiro atoms. The van der Waals surface area contributed by atoms with Gasteiger partial charge in [0.15, 0.2) is 6.10 Å². The zero-order chi connectivity index (χ0) is 16.4. The summed E-state index contributed by atoms with van der Waals surface area (Å²) in [5.74, 6) is 0. The van der Waals surface area contributed by atoms with Gasteiger partial charge in [-0.3, -0.25) is 5.32 Å². The number of anilines is 1. The number of nitrogens with one attached hydrogen (secondary N) is 1. The summed E-state index contributed by atoms with van der Waals surface area (Å²) in [4.78, 5) is 11.6. The van der Waals surface area contributed by atoms with Crippen LogP contribution >= 0.6 is 11.6 Å². The first-order valence-corrected chi connectivity index (χ1v) is 6.32. The first kappa shape index (κ1) is 17.6. The molecule has 2 N–H and O–H groups in total. The zero-order valence-electron chi connectivity index (χ0n) is 11.6. The maximum Gasteiger partial charge on any atom is 0.418 e. The number of aliphatic hydroxyl groups is 1. The second-order valence-corrected chi connectivity index (χ2v) is 5.74. The van der Waals surface area contributed by atoms with Crippen molar-refractivity contribution < 1.29 is 27.8 Å². The van der Waals surface area contributed by atoms with E-state index in [9.17, 15) is 23.1 Å². The molecule has 1 atom stereocenters. The first-order chi connectivity index (χ1) is 9.40. The maximum atomic E-state index is 12.6. The fraction of sp³-hybridized carbons (Fsp3) is 0.462. The third kappa shape index (κ3) is 5.43. The van der Waals surface area contributed by atoms with Crippen molar-refractivity contribution >= 4 is 23.4 Å². The van der Waals surface area contributed by atoms with Gasteiger partial charge in [0.25, 0.3) is 0 Å². The van der Waals surface area contributed by atoms with Crippen LogP contribution in [0, 0.1) is 0 Å². The number of benzene rings is 1. The predicted molar refractivity (Wildman–Crippen MR) is 72.3 cm³/mol. The van der Waals surface area contributed by atoms with Crippen molar-refractivity contribution in [2.75, 3.05) is 5.32 Å². The molecule has 0 aliphatic rings. The molecule has 1 aromatic carbocycles. The molecule has 0 saturated heterocycles. The molecule has 0 fully saturated rings. The number of alkyl halides is 3. The molecule has 0 heterocycles. The van der Waals surface area contributed by atoms with E-state index in [0.717, 1.165) is 12.1 Å². The number of halogens is 4. The van der Waals surface area contributed by atoms with E-state index in [1.807, 2.05) is 0 Å². The summed E-state index contributed by atoms with van der Waals surface area (Å²) in [6.07, 6.45) is -8.57. The highest BCUT2D eigenvalue weighted by atomic mass is 35.5. The Morgan fingerprint density at radius 3 is 2.38 bits per heavy atom. The minimum atomic E-state index is -4.88. The lowest BCUT2D eigenvalue weighted by Crippen LogP contribution is -2.28. The lowest BCUT2D eigenvalue weighted by atomic mass is 10.1. The summed E-state index contributed by atoms with van der Waals surface area (Å²) in [7, 11) is 0. The minimum Gasteiger partial charge on any atom is -0.444 e. The van der Waals surface area contributed by atoms with Gasteiger partial charge in [0, 0.05) is 10.6 Å².